The van der Waals surface area contributed by atoms with Gasteiger partial charge in [-0.25, -0.2) is 0 Å². The lowest BCUT2D eigenvalue weighted by atomic mass is 10.1. The second kappa shape index (κ2) is 5.39. The highest BCUT2D eigenvalue weighted by atomic mass is 35.5. The van der Waals surface area contributed by atoms with Gasteiger partial charge < -0.3 is 9.73 Å². The van der Waals surface area contributed by atoms with E-state index in [1.54, 1.807) is 12.1 Å². The fourth-order valence-corrected chi connectivity index (χ4v) is 2.61. The summed E-state index contributed by atoms with van der Waals surface area (Å²) in [5, 5.41) is 5.74. The quantitative estimate of drug-likeness (QED) is 0.675. The summed E-state index contributed by atoms with van der Waals surface area (Å²) in [7, 11) is 0. The highest BCUT2D eigenvalue weighted by Crippen LogP contribution is 2.29. The summed E-state index contributed by atoms with van der Waals surface area (Å²) in [6.07, 6.45) is 0. The van der Waals surface area contributed by atoms with Crippen LogP contribution >= 0.6 is 23.2 Å². The molecule has 3 rings (SSSR count). The molecule has 0 saturated carbocycles. The Kier molecular flexibility index (Phi) is 3.60. The molecule has 102 valence electrons. The summed E-state index contributed by atoms with van der Waals surface area (Å²) < 4.78 is 5.74. The lowest BCUT2D eigenvalue weighted by Crippen LogP contribution is -2.00. The molecule has 0 atom stereocenters. The van der Waals surface area contributed by atoms with E-state index >= 15 is 0 Å². The third kappa shape index (κ3) is 2.49. The molecule has 2 nitrogen and oxygen atoms in total. The van der Waals surface area contributed by atoms with Crippen molar-refractivity contribution in [1.29, 1.82) is 0 Å². The molecule has 4 heteroatoms. The van der Waals surface area contributed by atoms with Crippen molar-refractivity contribution >= 4 is 39.9 Å². The number of rotatable bonds is 3. The van der Waals surface area contributed by atoms with Crippen molar-refractivity contribution in [3.63, 3.8) is 0 Å². The molecular weight excluding hydrogens is 293 g/mol. The average Bonchev–Trinajstić information content (AvgIpc) is 2.75. The molecule has 2 aromatic carbocycles. The van der Waals surface area contributed by atoms with Gasteiger partial charge in [-0.15, -0.1) is 0 Å². The summed E-state index contributed by atoms with van der Waals surface area (Å²) in [4.78, 5) is 0. The molecule has 0 aliphatic carbocycles. The topological polar surface area (TPSA) is 25.2 Å². The number of hydrogen-bond donors (Lipinski definition) is 1. The summed E-state index contributed by atoms with van der Waals surface area (Å²) in [5.41, 5.74) is 2.86. The van der Waals surface area contributed by atoms with E-state index in [1.165, 1.54) is 0 Å². The monoisotopic (exact) mass is 305 g/mol. The van der Waals surface area contributed by atoms with Crippen LogP contribution in [0, 0.1) is 6.92 Å². The van der Waals surface area contributed by atoms with Gasteiger partial charge in [0, 0.05) is 22.5 Å². The van der Waals surface area contributed by atoms with Gasteiger partial charge in [0.25, 0.3) is 0 Å². The summed E-state index contributed by atoms with van der Waals surface area (Å²) in [5.74, 6) is 0.914. The molecule has 0 aliphatic heterocycles. The normalized spacial score (nSPS) is 10.9. The Bertz CT molecular complexity index is 764. The van der Waals surface area contributed by atoms with E-state index in [1.807, 2.05) is 31.2 Å². The summed E-state index contributed by atoms with van der Waals surface area (Å²) >= 11 is 12.1. The molecule has 0 spiro atoms. The van der Waals surface area contributed by atoms with Crippen molar-refractivity contribution in [2.24, 2.45) is 0 Å². The molecule has 0 fully saturated rings. The molecular formula is C16H13Cl2NO. The van der Waals surface area contributed by atoms with E-state index in [2.05, 4.69) is 11.4 Å². The van der Waals surface area contributed by atoms with E-state index in [0.29, 0.717) is 16.6 Å². The number of para-hydroxylation sites is 1. The Balaban J connectivity index is 1.90. The first-order valence-electron chi connectivity index (χ1n) is 6.31. The number of aryl methyl sites for hydroxylation is 1. The van der Waals surface area contributed by atoms with Crippen molar-refractivity contribution in [2.45, 2.75) is 13.5 Å². The number of halogens is 2. The highest BCUT2D eigenvalue weighted by molar-refractivity contribution is 6.35. The molecule has 1 heterocycles. The number of nitrogens with one attached hydrogen (secondary N) is 1. The maximum atomic E-state index is 6.15. The van der Waals surface area contributed by atoms with Crippen molar-refractivity contribution < 1.29 is 4.42 Å². The zero-order valence-corrected chi connectivity index (χ0v) is 12.4. The molecule has 1 aromatic heterocycles. The minimum absolute atomic E-state index is 0.642. The fourth-order valence-electron chi connectivity index (χ4n) is 2.26. The molecule has 3 aromatic rings. The molecule has 1 N–H and O–H groups in total. The van der Waals surface area contributed by atoms with Crippen LogP contribution in [0.4, 0.5) is 5.69 Å². The van der Waals surface area contributed by atoms with Gasteiger partial charge >= 0.3 is 0 Å². The number of furan rings is 1. The Hall–Kier alpha value is -1.64. The first-order chi connectivity index (χ1) is 9.65. The van der Waals surface area contributed by atoms with Crippen molar-refractivity contribution in [1.82, 2.24) is 0 Å². The molecule has 0 unspecified atom stereocenters. The molecule has 0 radical (unpaired) electrons. The molecule has 0 bridgehead atoms. The third-order valence-corrected chi connectivity index (χ3v) is 3.85. The van der Waals surface area contributed by atoms with Gasteiger partial charge in [-0.3, -0.25) is 0 Å². The molecule has 20 heavy (non-hydrogen) atoms. The maximum absolute atomic E-state index is 6.15. The first kappa shape index (κ1) is 13.3. The van der Waals surface area contributed by atoms with Crippen molar-refractivity contribution in [2.75, 3.05) is 5.32 Å². The van der Waals surface area contributed by atoms with E-state index < -0.39 is 0 Å². The zero-order chi connectivity index (χ0) is 14.1. The predicted octanol–water partition coefficient (Wildman–Crippen LogP) is 5.66. The van der Waals surface area contributed by atoms with Gasteiger partial charge in [0.2, 0.25) is 0 Å². The van der Waals surface area contributed by atoms with Crippen LogP contribution in [0.3, 0.4) is 0 Å². The number of benzene rings is 2. The maximum Gasteiger partial charge on any atom is 0.134 e. The van der Waals surface area contributed by atoms with Crippen LogP contribution in [0.15, 0.2) is 46.9 Å². The van der Waals surface area contributed by atoms with Crippen LogP contribution in [0.25, 0.3) is 11.0 Å². The van der Waals surface area contributed by atoms with Gasteiger partial charge in [0.15, 0.2) is 0 Å². The Morgan fingerprint density at radius 3 is 2.75 bits per heavy atom. The second-order valence-electron chi connectivity index (χ2n) is 4.61. The lowest BCUT2D eigenvalue weighted by Gasteiger charge is -2.08. The molecule has 0 aliphatic rings. The Labute approximate surface area is 127 Å². The predicted molar refractivity (Wildman–Crippen MR) is 84.7 cm³/mol. The highest BCUT2D eigenvalue weighted by Gasteiger charge is 2.10. The SMILES string of the molecule is Cc1oc2ccccc2c1CNc1cc(Cl)ccc1Cl. The largest absolute Gasteiger partial charge is 0.461 e. The Morgan fingerprint density at radius 1 is 1.10 bits per heavy atom. The van der Waals surface area contributed by atoms with E-state index in [0.717, 1.165) is 28.0 Å². The van der Waals surface area contributed by atoms with Gasteiger partial charge in [-0.2, -0.15) is 0 Å². The summed E-state index contributed by atoms with van der Waals surface area (Å²) in [6, 6.07) is 13.4. The summed E-state index contributed by atoms with van der Waals surface area (Å²) in [6.45, 7) is 2.61. The third-order valence-electron chi connectivity index (χ3n) is 3.28. The van der Waals surface area contributed by atoms with E-state index in [-0.39, 0.29) is 0 Å². The van der Waals surface area contributed by atoms with Crippen LogP contribution < -0.4 is 5.32 Å². The molecule has 0 amide bonds. The minimum Gasteiger partial charge on any atom is -0.461 e. The average molecular weight is 306 g/mol. The Morgan fingerprint density at radius 2 is 1.90 bits per heavy atom. The molecule has 0 saturated heterocycles. The van der Waals surface area contributed by atoms with Crippen LogP contribution in [0.5, 0.6) is 0 Å². The zero-order valence-electron chi connectivity index (χ0n) is 10.9. The van der Waals surface area contributed by atoms with Crippen LogP contribution in [-0.2, 0) is 6.54 Å². The van der Waals surface area contributed by atoms with E-state index in [9.17, 15) is 0 Å². The van der Waals surface area contributed by atoms with Gasteiger partial charge in [0.1, 0.15) is 11.3 Å². The van der Waals surface area contributed by atoms with E-state index in [4.69, 9.17) is 27.6 Å². The van der Waals surface area contributed by atoms with Crippen molar-refractivity contribution in [3.05, 3.63) is 63.8 Å². The standard InChI is InChI=1S/C16H13Cl2NO/c1-10-13(12-4-2-3-5-16(12)20-10)9-19-15-8-11(17)6-7-14(15)18/h2-8,19H,9H2,1H3. The minimum atomic E-state index is 0.642. The lowest BCUT2D eigenvalue weighted by molar-refractivity contribution is 0.573. The van der Waals surface area contributed by atoms with Gasteiger partial charge in [0.05, 0.1) is 10.7 Å². The smallest absolute Gasteiger partial charge is 0.134 e. The first-order valence-corrected chi connectivity index (χ1v) is 7.06. The van der Waals surface area contributed by atoms with Crippen LogP contribution in [-0.4, -0.2) is 0 Å². The number of anilines is 1. The van der Waals surface area contributed by atoms with Crippen LogP contribution in [0.1, 0.15) is 11.3 Å². The number of fused-ring (bicyclic) bond motifs is 1. The number of hydrogen-bond acceptors (Lipinski definition) is 2. The van der Waals surface area contributed by atoms with Crippen molar-refractivity contribution in [3.8, 4) is 0 Å². The van der Waals surface area contributed by atoms with Gasteiger partial charge in [-0.1, -0.05) is 41.4 Å². The second-order valence-corrected chi connectivity index (χ2v) is 5.45. The fraction of sp³-hybridized carbons (Fsp3) is 0.125. The van der Waals surface area contributed by atoms with Crippen LogP contribution in [0.2, 0.25) is 10.0 Å². The van der Waals surface area contributed by atoms with Gasteiger partial charge in [-0.05, 0) is 31.2 Å².